The lowest BCUT2D eigenvalue weighted by molar-refractivity contribution is -0.384. The summed E-state index contributed by atoms with van der Waals surface area (Å²) in [6, 6.07) is 11.6. The fourth-order valence-corrected chi connectivity index (χ4v) is 2.99. The fourth-order valence-electron chi connectivity index (χ4n) is 2.42. The average molecular weight is 448 g/mol. The molecular formula is C18H14BrN3O4S. The van der Waals surface area contributed by atoms with E-state index in [1.807, 2.05) is 12.1 Å². The fraction of sp³-hybridized carbons (Fsp3) is 0.111. The molecular weight excluding hydrogens is 434 g/mol. The van der Waals surface area contributed by atoms with E-state index < -0.39 is 4.92 Å². The van der Waals surface area contributed by atoms with E-state index in [9.17, 15) is 14.9 Å². The number of hydrogen-bond donors (Lipinski definition) is 1. The van der Waals surface area contributed by atoms with Crippen LogP contribution in [0.25, 0.3) is 6.08 Å². The van der Waals surface area contributed by atoms with Gasteiger partial charge in [0.15, 0.2) is 5.11 Å². The molecule has 1 fully saturated rings. The van der Waals surface area contributed by atoms with Gasteiger partial charge >= 0.3 is 0 Å². The Labute approximate surface area is 168 Å². The summed E-state index contributed by atoms with van der Waals surface area (Å²) < 4.78 is 6.69. The van der Waals surface area contributed by atoms with Crippen LogP contribution < -0.4 is 10.1 Å². The minimum atomic E-state index is -0.448. The molecule has 2 aromatic rings. The van der Waals surface area contributed by atoms with Crippen LogP contribution in [0.3, 0.4) is 0 Å². The lowest BCUT2D eigenvalue weighted by atomic mass is 10.1. The van der Waals surface area contributed by atoms with Crippen LogP contribution in [0, 0.1) is 10.1 Å². The molecule has 3 rings (SSSR count). The first-order valence-electron chi connectivity index (χ1n) is 7.81. The van der Waals surface area contributed by atoms with E-state index >= 15 is 0 Å². The molecule has 0 aromatic heterocycles. The van der Waals surface area contributed by atoms with Crippen LogP contribution in [0.4, 0.5) is 5.69 Å². The summed E-state index contributed by atoms with van der Waals surface area (Å²) in [5.41, 5.74) is 1.87. The summed E-state index contributed by atoms with van der Waals surface area (Å²) in [5, 5.41) is 13.9. The van der Waals surface area contributed by atoms with Crippen molar-refractivity contribution in [3.8, 4) is 5.75 Å². The Morgan fingerprint density at radius 3 is 2.59 bits per heavy atom. The standard InChI is InChI=1S/C18H14BrN3O4S/c1-21-17(23)15(20-18(21)27)9-12-8-13(19)4-7-16(12)26-10-11-2-5-14(6-3-11)22(24)25/h2-9H,10H2,1H3,(H,20,27). The van der Waals surface area contributed by atoms with Gasteiger partial charge in [0.05, 0.1) is 4.92 Å². The van der Waals surface area contributed by atoms with Gasteiger partial charge in [-0.2, -0.15) is 0 Å². The third-order valence-corrected chi connectivity index (χ3v) is 4.76. The zero-order valence-electron chi connectivity index (χ0n) is 14.1. The maximum atomic E-state index is 12.2. The third kappa shape index (κ3) is 4.32. The van der Waals surface area contributed by atoms with Gasteiger partial charge in [-0.3, -0.25) is 19.8 Å². The molecule has 0 aliphatic carbocycles. The van der Waals surface area contributed by atoms with Gasteiger partial charge in [-0.15, -0.1) is 0 Å². The van der Waals surface area contributed by atoms with Gasteiger partial charge in [-0.25, -0.2) is 0 Å². The van der Waals surface area contributed by atoms with Crippen molar-refractivity contribution in [1.29, 1.82) is 0 Å². The van der Waals surface area contributed by atoms with Crippen molar-refractivity contribution in [1.82, 2.24) is 10.2 Å². The van der Waals surface area contributed by atoms with E-state index in [1.165, 1.54) is 17.0 Å². The van der Waals surface area contributed by atoms with E-state index in [2.05, 4.69) is 21.2 Å². The highest BCUT2D eigenvalue weighted by atomic mass is 79.9. The summed E-state index contributed by atoms with van der Waals surface area (Å²) in [6.07, 6.45) is 1.67. The summed E-state index contributed by atoms with van der Waals surface area (Å²) in [4.78, 5) is 23.8. The zero-order valence-corrected chi connectivity index (χ0v) is 16.5. The average Bonchev–Trinajstić information content (AvgIpc) is 2.88. The number of carbonyl (C=O) groups is 1. The van der Waals surface area contributed by atoms with Crippen LogP contribution in [0.1, 0.15) is 11.1 Å². The van der Waals surface area contributed by atoms with E-state index in [4.69, 9.17) is 17.0 Å². The first-order valence-corrected chi connectivity index (χ1v) is 9.01. The molecule has 2 aromatic carbocycles. The number of nitrogens with zero attached hydrogens (tertiary/aromatic N) is 2. The van der Waals surface area contributed by atoms with Gasteiger partial charge in [-0.05, 0) is 54.2 Å². The molecule has 1 aliphatic rings. The number of ether oxygens (including phenoxy) is 1. The van der Waals surface area contributed by atoms with Crippen LogP contribution in [0.2, 0.25) is 0 Å². The molecule has 1 heterocycles. The molecule has 138 valence electrons. The van der Waals surface area contributed by atoms with E-state index in [0.29, 0.717) is 22.1 Å². The van der Waals surface area contributed by atoms with E-state index in [-0.39, 0.29) is 18.2 Å². The highest BCUT2D eigenvalue weighted by Gasteiger charge is 2.27. The summed E-state index contributed by atoms with van der Waals surface area (Å²) in [6.45, 7) is 0.232. The minimum Gasteiger partial charge on any atom is -0.488 e. The SMILES string of the molecule is CN1C(=O)C(=Cc2cc(Br)ccc2OCc2ccc([N+](=O)[O-])cc2)NC1=S. The largest absolute Gasteiger partial charge is 0.488 e. The highest BCUT2D eigenvalue weighted by Crippen LogP contribution is 2.27. The van der Waals surface area contributed by atoms with E-state index in [1.54, 1.807) is 31.3 Å². The molecule has 7 nitrogen and oxygen atoms in total. The normalized spacial score (nSPS) is 15.2. The van der Waals surface area contributed by atoms with Gasteiger partial charge in [0.2, 0.25) is 0 Å². The van der Waals surface area contributed by atoms with Gasteiger partial charge in [0.1, 0.15) is 18.1 Å². The molecule has 0 unspecified atom stereocenters. The number of benzene rings is 2. The van der Waals surface area contributed by atoms with Crippen LogP contribution in [0.15, 0.2) is 52.6 Å². The molecule has 0 atom stereocenters. The first-order chi connectivity index (χ1) is 12.8. The van der Waals surface area contributed by atoms with Crippen LogP contribution in [-0.2, 0) is 11.4 Å². The zero-order chi connectivity index (χ0) is 19.6. The summed E-state index contributed by atoms with van der Waals surface area (Å²) in [7, 11) is 1.60. The Morgan fingerprint density at radius 2 is 2.00 bits per heavy atom. The first kappa shape index (κ1) is 19.0. The molecule has 1 saturated heterocycles. The molecule has 9 heteroatoms. The van der Waals surface area contributed by atoms with Crippen LogP contribution in [0.5, 0.6) is 5.75 Å². The second kappa shape index (κ2) is 7.85. The van der Waals surface area contributed by atoms with Gasteiger partial charge in [-0.1, -0.05) is 15.9 Å². The lowest BCUT2D eigenvalue weighted by Crippen LogP contribution is -2.25. The maximum Gasteiger partial charge on any atom is 0.276 e. The number of hydrogen-bond acceptors (Lipinski definition) is 5. The smallest absolute Gasteiger partial charge is 0.276 e. The Morgan fingerprint density at radius 1 is 1.30 bits per heavy atom. The molecule has 0 radical (unpaired) electrons. The summed E-state index contributed by atoms with van der Waals surface area (Å²) in [5.74, 6) is 0.348. The Kier molecular flexibility index (Phi) is 5.52. The third-order valence-electron chi connectivity index (χ3n) is 3.89. The van der Waals surface area contributed by atoms with Gasteiger partial charge in [0, 0.05) is 29.2 Å². The molecule has 1 N–H and O–H groups in total. The highest BCUT2D eigenvalue weighted by molar-refractivity contribution is 9.10. The van der Waals surface area contributed by atoms with Crippen molar-refractivity contribution in [2.75, 3.05) is 7.05 Å². The molecule has 1 amide bonds. The molecule has 27 heavy (non-hydrogen) atoms. The van der Waals surface area contributed by atoms with Gasteiger partial charge < -0.3 is 10.1 Å². The van der Waals surface area contributed by atoms with Crippen molar-refractivity contribution in [2.24, 2.45) is 0 Å². The molecule has 0 bridgehead atoms. The number of thiocarbonyl (C=S) groups is 1. The molecule has 0 spiro atoms. The predicted molar refractivity (Wildman–Crippen MR) is 108 cm³/mol. The molecule has 1 aliphatic heterocycles. The van der Waals surface area contributed by atoms with Crippen LogP contribution in [-0.4, -0.2) is 27.9 Å². The van der Waals surface area contributed by atoms with Crippen molar-refractivity contribution >= 4 is 50.9 Å². The predicted octanol–water partition coefficient (Wildman–Crippen LogP) is 3.62. The second-order valence-electron chi connectivity index (χ2n) is 5.75. The number of nitrogens with one attached hydrogen (secondary N) is 1. The topological polar surface area (TPSA) is 84.7 Å². The lowest BCUT2D eigenvalue weighted by Gasteiger charge is -2.10. The van der Waals surface area contributed by atoms with Crippen molar-refractivity contribution in [2.45, 2.75) is 6.61 Å². The monoisotopic (exact) mass is 447 g/mol. The van der Waals surface area contributed by atoms with Crippen molar-refractivity contribution < 1.29 is 14.5 Å². The second-order valence-corrected chi connectivity index (χ2v) is 7.05. The van der Waals surface area contributed by atoms with Crippen LogP contribution >= 0.6 is 28.1 Å². The Balaban J connectivity index is 1.81. The quantitative estimate of drug-likeness (QED) is 0.326. The number of nitro groups is 1. The number of nitro benzene ring substituents is 1. The van der Waals surface area contributed by atoms with Crippen molar-refractivity contribution in [3.63, 3.8) is 0 Å². The van der Waals surface area contributed by atoms with E-state index in [0.717, 1.165) is 10.0 Å². The number of non-ortho nitro benzene ring substituents is 1. The number of halogens is 1. The van der Waals surface area contributed by atoms with Gasteiger partial charge in [0.25, 0.3) is 11.6 Å². The number of amides is 1. The Bertz CT molecular complexity index is 960. The Hall–Kier alpha value is -2.78. The number of carbonyl (C=O) groups excluding carboxylic acids is 1. The number of likely N-dealkylation sites (N-methyl/N-ethyl adjacent to an activating group) is 1. The minimum absolute atomic E-state index is 0.0266. The maximum absolute atomic E-state index is 12.2. The summed E-state index contributed by atoms with van der Waals surface area (Å²) >= 11 is 8.49. The number of rotatable bonds is 5. The molecule has 0 saturated carbocycles. The van der Waals surface area contributed by atoms with Crippen molar-refractivity contribution in [3.05, 3.63) is 73.9 Å².